The Labute approximate surface area is 143 Å². The molecule has 0 spiro atoms. The maximum atomic E-state index is 13.1. The van der Waals surface area contributed by atoms with Gasteiger partial charge in [-0.1, -0.05) is 37.3 Å². The van der Waals surface area contributed by atoms with Crippen LogP contribution in [0, 0.1) is 0 Å². The van der Waals surface area contributed by atoms with Gasteiger partial charge in [-0.3, -0.25) is 4.79 Å². The van der Waals surface area contributed by atoms with Gasteiger partial charge >= 0.3 is 0 Å². The van der Waals surface area contributed by atoms with Crippen LogP contribution in [0.4, 0.5) is 5.69 Å². The number of carbonyl (C=O) groups is 1. The van der Waals surface area contributed by atoms with Crippen molar-refractivity contribution >= 4 is 11.6 Å². The minimum Gasteiger partial charge on any atom is -0.493 e. The van der Waals surface area contributed by atoms with Crippen molar-refractivity contribution in [3.05, 3.63) is 59.7 Å². The molecule has 0 saturated heterocycles. The SMILES string of the molecule is CCOc1ccccc1[C@@H]1Nc2ccccc2C(=O)N1[C@@H](C)CC. The number of hydrogen-bond acceptors (Lipinski definition) is 3. The molecule has 0 aromatic heterocycles. The van der Waals surface area contributed by atoms with Gasteiger partial charge in [0.1, 0.15) is 11.9 Å². The highest BCUT2D eigenvalue weighted by Gasteiger charge is 2.36. The quantitative estimate of drug-likeness (QED) is 0.883. The number of amides is 1. The van der Waals surface area contributed by atoms with E-state index in [1.54, 1.807) is 0 Å². The minimum atomic E-state index is -0.231. The van der Waals surface area contributed by atoms with Gasteiger partial charge in [0, 0.05) is 17.3 Å². The molecule has 2 atom stereocenters. The van der Waals surface area contributed by atoms with Crippen LogP contribution < -0.4 is 10.1 Å². The fourth-order valence-corrected chi connectivity index (χ4v) is 3.14. The highest BCUT2D eigenvalue weighted by Crippen LogP contribution is 2.38. The summed E-state index contributed by atoms with van der Waals surface area (Å²) in [6, 6.07) is 15.7. The van der Waals surface area contributed by atoms with E-state index in [4.69, 9.17) is 4.74 Å². The number of ether oxygens (including phenoxy) is 1. The van der Waals surface area contributed by atoms with Gasteiger partial charge < -0.3 is 15.0 Å². The first-order valence-electron chi connectivity index (χ1n) is 8.57. The van der Waals surface area contributed by atoms with Crippen molar-refractivity contribution in [2.45, 2.75) is 39.4 Å². The zero-order valence-corrected chi connectivity index (χ0v) is 14.5. The highest BCUT2D eigenvalue weighted by atomic mass is 16.5. The first-order valence-corrected chi connectivity index (χ1v) is 8.57. The number of nitrogens with one attached hydrogen (secondary N) is 1. The topological polar surface area (TPSA) is 41.6 Å². The van der Waals surface area contributed by atoms with Crippen LogP contribution in [-0.2, 0) is 0 Å². The number of para-hydroxylation sites is 2. The van der Waals surface area contributed by atoms with Crippen molar-refractivity contribution in [3.8, 4) is 5.75 Å². The van der Waals surface area contributed by atoms with E-state index < -0.39 is 0 Å². The Morgan fingerprint density at radius 1 is 1.12 bits per heavy atom. The number of anilines is 1. The summed E-state index contributed by atoms with van der Waals surface area (Å²) in [6.45, 7) is 6.75. The van der Waals surface area contributed by atoms with E-state index in [9.17, 15) is 4.79 Å². The molecular weight excluding hydrogens is 300 g/mol. The molecule has 1 aliphatic rings. The summed E-state index contributed by atoms with van der Waals surface area (Å²) >= 11 is 0. The number of hydrogen-bond donors (Lipinski definition) is 1. The molecule has 2 aromatic carbocycles. The lowest BCUT2D eigenvalue weighted by Gasteiger charge is -2.41. The first kappa shape index (κ1) is 16.4. The maximum absolute atomic E-state index is 13.1. The predicted octanol–water partition coefficient (Wildman–Crippen LogP) is 4.45. The number of carbonyl (C=O) groups excluding carboxylic acids is 1. The second-order valence-electron chi connectivity index (χ2n) is 6.03. The smallest absolute Gasteiger partial charge is 0.258 e. The Bertz CT molecular complexity index is 729. The molecule has 1 aliphatic heterocycles. The molecule has 1 N–H and O–H groups in total. The van der Waals surface area contributed by atoms with Crippen molar-refractivity contribution in [1.82, 2.24) is 4.90 Å². The molecule has 3 rings (SSSR count). The van der Waals surface area contributed by atoms with Gasteiger partial charge in [-0.25, -0.2) is 0 Å². The maximum Gasteiger partial charge on any atom is 0.258 e. The third kappa shape index (κ3) is 2.84. The summed E-state index contributed by atoms with van der Waals surface area (Å²) in [5, 5.41) is 3.53. The standard InChI is InChI=1S/C20H24N2O2/c1-4-14(3)22-19(16-11-7-9-13-18(16)24-5-2)21-17-12-8-6-10-15(17)20(22)23/h6-14,19,21H,4-5H2,1-3H3/t14-,19+/m0/s1. The van der Waals surface area contributed by atoms with Crippen LogP contribution in [0.15, 0.2) is 48.5 Å². The van der Waals surface area contributed by atoms with E-state index in [2.05, 4.69) is 19.2 Å². The Morgan fingerprint density at radius 2 is 1.83 bits per heavy atom. The lowest BCUT2D eigenvalue weighted by molar-refractivity contribution is 0.0590. The van der Waals surface area contributed by atoms with Gasteiger partial charge in [0.05, 0.1) is 12.2 Å². The molecule has 126 valence electrons. The lowest BCUT2D eigenvalue weighted by Crippen LogP contribution is -2.47. The normalized spacial score (nSPS) is 17.9. The molecule has 4 heteroatoms. The van der Waals surface area contributed by atoms with Crippen molar-refractivity contribution in [1.29, 1.82) is 0 Å². The summed E-state index contributed by atoms with van der Waals surface area (Å²) in [5.74, 6) is 0.882. The van der Waals surface area contributed by atoms with Crippen LogP contribution in [0.2, 0.25) is 0 Å². The average molecular weight is 324 g/mol. The van der Waals surface area contributed by atoms with Crippen molar-refractivity contribution in [3.63, 3.8) is 0 Å². The largest absolute Gasteiger partial charge is 0.493 e. The summed E-state index contributed by atoms with van der Waals surface area (Å²) < 4.78 is 5.80. The fraction of sp³-hybridized carbons (Fsp3) is 0.350. The molecular formula is C20H24N2O2. The van der Waals surface area contributed by atoms with Gasteiger partial charge in [0.15, 0.2) is 0 Å². The van der Waals surface area contributed by atoms with E-state index in [0.717, 1.165) is 29.0 Å². The zero-order valence-electron chi connectivity index (χ0n) is 14.5. The third-order valence-corrected chi connectivity index (χ3v) is 4.54. The number of benzene rings is 2. The summed E-state index contributed by atoms with van der Waals surface area (Å²) in [6.07, 6.45) is 0.660. The molecule has 0 radical (unpaired) electrons. The molecule has 4 nitrogen and oxygen atoms in total. The van der Waals surface area contributed by atoms with Crippen LogP contribution in [0.5, 0.6) is 5.75 Å². The van der Waals surface area contributed by atoms with E-state index in [0.29, 0.717) is 6.61 Å². The van der Waals surface area contributed by atoms with Gasteiger partial charge in [0.2, 0.25) is 0 Å². The van der Waals surface area contributed by atoms with Crippen LogP contribution in [-0.4, -0.2) is 23.5 Å². The Hall–Kier alpha value is -2.49. The molecule has 0 aliphatic carbocycles. The van der Waals surface area contributed by atoms with E-state index >= 15 is 0 Å². The summed E-state index contributed by atoms with van der Waals surface area (Å²) in [7, 11) is 0. The van der Waals surface area contributed by atoms with E-state index in [1.165, 1.54) is 0 Å². The van der Waals surface area contributed by atoms with Crippen molar-refractivity contribution in [2.75, 3.05) is 11.9 Å². The second-order valence-corrected chi connectivity index (χ2v) is 6.03. The van der Waals surface area contributed by atoms with E-state index in [1.807, 2.05) is 60.4 Å². The monoisotopic (exact) mass is 324 g/mol. The van der Waals surface area contributed by atoms with Gasteiger partial charge in [-0.05, 0) is 38.5 Å². The second kappa shape index (κ2) is 6.95. The number of fused-ring (bicyclic) bond motifs is 1. The predicted molar refractivity (Wildman–Crippen MR) is 96.3 cm³/mol. The van der Waals surface area contributed by atoms with Crippen LogP contribution >= 0.6 is 0 Å². The average Bonchev–Trinajstić information content (AvgIpc) is 2.62. The van der Waals surface area contributed by atoms with Crippen LogP contribution in [0.3, 0.4) is 0 Å². The lowest BCUT2D eigenvalue weighted by atomic mass is 10.0. The molecule has 2 aromatic rings. The molecule has 0 unspecified atom stereocenters. The summed E-state index contributed by atoms with van der Waals surface area (Å²) in [5.41, 5.74) is 2.59. The van der Waals surface area contributed by atoms with Crippen molar-refractivity contribution in [2.24, 2.45) is 0 Å². The first-order chi connectivity index (χ1) is 11.7. The molecule has 0 bridgehead atoms. The van der Waals surface area contributed by atoms with Crippen LogP contribution in [0.1, 0.15) is 49.3 Å². The Morgan fingerprint density at radius 3 is 2.58 bits per heavy atom. The van der Waals surface area contributed by atoms with Gasteiger partial charge in [-0.2, -0.15) is 0 Å². The Kier molecular flexibility index (Phi) is 4.74. The van der Waals surface area contributed by atoms with Crippen LogP contribution in [0.25, 0.3) is 0 Å². The number of nitrogens with zero attached hydrogens (tertiary/aromatic N) is 1. The highest BCUT2D eigenvalue weighted by molar-refractivity contribution is 6.02. The zero-order chi connectivity index (χ0) is 17.1. The molecule has 24 heavy (non-hydrogen) atoms. The van der Waals surface area contributed by atoms with Crippen molar-refractivity contribution < 1.29 is 9.53 Å². The number of rotatable bonds is 5. The molecule has 0 fully saturated rings. The Balaban J connectivity index is 2.10. The molecule has 1 amide bonds. The minimum absolute atomic E-state index is 0.0648. The third-order valence-electron chi connectivity index (χ3n) is 4.54. The summed E-state index contributed by atoms with van der Waals surface area (Å²) in [4.78, 5) is 15.0. The molecule has 1 heterocycles. The molecule has 0 saturated carbocycles. The fourth-order valence-electron chi connectivity index (χ4n) is 3.14. The van der Waals surface area contributed by atoms with Gasteiger partial charge in [0.25, 0.3) is 5.91 Å². The van der Waals surface area contributed by atoms with E-state index in [-0.39, 0.29) is 18.1 Å². The van der Waals surface area contributed by atoms with Gasteiger partial charge in [-0.15, -0.1) is 0 Å².